The predicted octanol–water partition coefficient (Wildman–Crippen LogP) is 3.60. The van der Waals surface area contributed by atoms with Crippen molar-refractivity contribution in [3.8, 4) is 5.69 Å². The van der Waals surface area contributed by atoms with E-state index in [2.05, 4.69) is 15.1 Å². The molecule has 3 rings (SSSR count). The van der Waals surface area contributed by atoms with Gasteiger partial charge in [-0.1, -0.05) is 0 Å². The second-order valence-electron chi connectivity index (χ2n) is 6.38. The topological polar surface area (TPSA) is 65.0 Å². The molecule has 0 aliphatic rings. The molecular weight excluding hydrogens is 304 g/mol. The summed E-state index contributed by atoms with van der Waals surface area (Å²) in [6.07, 6.45) is 6.08. The number of pyridine rings is 1. The van der Waals surface area contributed by atoms with Gasteiger partial charge in [0.15, 0.2) is 0 Å². The molecule has 0 radical (unpaired) electrons. The van der Waals surface area contributed by atoms with E-state index >= 15 is 0 Å². The van der Waals surface area contributed by atoms with Gasteiger partial charge in [-0.05, 0) is 39.8 Å². The zero-order chi connectivity index (χ0) is 17.1. The number of fused-ring (bicyclic) bond motifs is 1. The largest absolute Gasteiger partial charge is 0.374 e. The van der Waals surface area contributed by atoms with Crippen molar-refractivity contribution in [2.24, 2.45) is 0 Å². The first-order valence-corrected chi connectivity index (χ1v) is 8.27. The normalized spacial score (nSPS) is 11.9. The summed E-state index contributed by atoms with van der Waals surface area (Å²) < 4.78 is 13.2. The Hall–Kier alpha value is -2.18. The maximum Gasteiger partial charge on any atom is 0.0921 e. The highest BCUT2D eigenvalue weighted by Crippen LogP contribution is 2.21. The molecular formula is C18H24N4O2. The van der Waals surface area contributed by atoms with E-state index in [0.29, 0.717) is 13.2 Å². The van der Waals surface area contributed by atoms with Crippen molar-refractivity contribution in [2.45, 2.75) is 53.1 Å². The summed E-state index contributed by atoms with van der Waals surface area (Å²) in [7, 11) is 0. The molecule has 128 valence electrons. The molecule has 0 saturated carbocycles. The number of aromatic nitrogens is 4. The predicted molar refractivity (Wildman–Crippen MR) is 93.1 cm³/mol. The first kappa shape index (κ1) is 16.7. The minimum Gasteiger partial charge on any atom is -0.374 e. The number of nitrogens with zero attached hydrogens (tertiary/aromatic N) is 3. The third kappa shape index (κ3) is 3.83. The molecule has 3 heterocycles. The van der Waals surface area contributed by atoms with Gasteiger partial charge < -0.3 is 14.5 Å². The lowest BCUT2D eigenvalue weighted by atomic mass is 10.2. The molecule has 3 aromatic rings. The second kappa shape index (κ2) is 7.15. The van der Waals surface area contributed by atoms with Crippen molar-refractivity contribution in [1.29, 1.82) is 0 Å². The SMILES string of the molecule is CC(C)OCc1cnn(-c2cc(COC(C)C)nc3cc[nH]c23)c1. The summed E-state index contributed by atoms with van der Waals surface area (Å²) in [6, 6.07) is 3.98. The smallest absolute Gasteiger partial charge is 0.0921 e. The van der Waals surface area contributed by atoms with Gasteiger partial charge >= 0.3 is 0 Å². The zero-order valence-electron chi connectivity index (χ0n) is 14.6. The second-order valence-corrected chi connectivity index (χ2v) is 6.38. The number of ether oxygens (including phenoxy) is 2. The highest BCUT2D eigenvalue weighted by Gasteiger charge is 2.11. The quantitative estimate of drug-likeness (QED) is 0.720. The summed E-state index contributed by atoms with van der Waals surface area (Å²) in [4.78, 5) is 7.88. The molecule has 0 fully saturated rings. The van der Waals surface area contributed by atoms with Gasteiger partial charge in [0.05, 0.1) is 54.0 Å². The summed E-state index contributed by atoms with van der Waals surface area (Å²) in [5.74, 6) is 0. The zero-order valence-corrected chi connectivity index (χ0v) is 14.6. The Kier molecular flexibility index (Phi) is 4.97. The Bertz CT molecular complexity index is 804. The van der Waals surface area contributed by atoms with Crippen molar-refractivity contribution in [1.82, 2.24) is 19.7 Å². The maximum atomic E-state index is 5.69. The first-order valence-electron chi connectivity index (χ1n) is 8.27. The van der Waals surface area contributed by atoms with Gasteiger partial charge in [0.1, 0.15) is 0 Å². The molecule has 0 bridgehead atoms. The Morgan fingerprint density at radius 3 is 2.62 bits per heavy atom. The molecule has 0 aromatic carbocycles. The molecule has 0 spiro atoms. The lowest BCUT2D eigenvalue weighted by Crippen LogP contribution is -2.05. The van der Waals surface area contributed by atoms with Crippen LogP contribution in [0.25, 0.3) is 16.7 Å². The Balaban J connectivity index is 1.91. The number of hydrogen-bond donors (Lipinski definition) is 1. The van der Waals surface area contributed by atoms with Gasteiger partial charge in [-0.25, -0.2) is 9.67 Å². The molecule has 6 nitrogen and oxygen atoms in total. The van der Waals surface area contributed by atoms with Crippen LogP contribution in [-0.4, -0.2) is 32.0 Å². The number of aromatic amines is 1. The van der Waals surface area contributed by atoms with Crippen LogP contribution in [0.15, 0.2) is 30.7 Å². The summed E-state index contributed by atoms with van der Waals surface area (Å²) in [5, 5.41) is 4.48. The van der Waals surface area contributed by atoms with E-state index in [4.69, 9.17) is 9.47 Å². The highest BCUT2D eigenvalue weighted by atomic mass is 16.5. The maximum absolute atomic E-state index is 5.69. The molecule has 0 aliphatic heterocycles. The third-order valence-electron chi connectivity index (χ3n) is 3.58. The van der Waals surface area contributed by atoms with Crippen molar-refractivity contribution >= 4 is 11.0 Å². The summed E-state index contributed by atoms with van der Waals surface area (Å²) >= 11 is 0. The van der Waals surface area contributed by atoms with Crippen LogP contribution in [-0.2, 0) is 22.7 Å². The Morgan fingerprint density at radius 1 is 1.12 bits per heavy atom. The minimum atomic E-state index is 0.168. The molecule has 0 atom stereocenters. The number of hydrogen-bond acceptors (Lipinski definition) is 4. The van der Waals surface area contributed by atoms with Crippen LogP contribution in [0.2, 0.25) is 0 Å². The van der Waals surface area contributed by atoms with Crippen LogP contribution in [0.3, 0.4) is 0 Å². The average Bonchev–Trinajstić information content (AvgIpc) is 3.19. The van der Waals surface area contributed by atoms with Gasteiger partial charge in [0, 0.05) is 18.0 Å². The number of nitrogens with one attached hydrogen (secondary N) is 1. The fraction of sp³-hybridized carbons (Fsp3) is 0.444. The fourth-order valence-electron chi connectivity index (χ4n) is 2.41. The van der Waals surface area contributed by atoms with Crippen LogP contribution < -0.4 is 0 Å². The van der Waals surface area contributed by atoms with Crippen LogP contribution in [0.5, 0.6) is 0 Å². The summed E-state index contributed by atoms with van der Waals surface area (Å²) in [6.45, 7) is 9.12. The molecule has 1 N–H and O–H groups in total. The van der Waals surface area contributed by atoms with Gasteiger partial charge in [-0.15, -0.1) is 0 Å². The standard InChI is InChI=1S/C18H24N4O2/c1-12(2)23-10-14-8-20-22(9-14)17-7-15(11-24-13(3)4)21-16-5-6-19-18(16)17/h5-9,12-13,19H,10-11H2,1-4H3. The van der Waals surface area contributed by atoms with Crippen molar-refractivity contribution in [3.05, 3.63) is 42.0 Å². The van der Waals surface area contributed by atoms with Crippen molar-refractivity contribution < 1.29 is 9.47 Å². The Morgan fingerprint density at radius 2 is 1.88 bits per heavy atom. The molecule has 0 amide bonds. The molecule has 0 aliphatic carbocycles. The van der Waals surface area contributed by atoms with Gasteiger partial charge in [0.25, 0.3) is 0 Å². The average molecular weight is 328 g/mol. The van der Waals surface area contributed by atoms with Crippen LogP contribution in [0, 0.1) is 0 Å². The fourth-order valence-corrected chi connectivity index (χ4v) is 2.41. The van der Waals surface area contributed by atoms with E-state index in [1.54, 1.807) is 0 Å². The Labute approximate surface area is 141 Å². The molecule has 0 unspecified atom stereocenters. The van der Waals surface area contributed by atoms with E-state index in [0.717, 1.165) is 28.0 Å². The van der Waals surface area contributed by atoms with Crippen molar-refractivity contribution in [2.75, 3.05) is 0 Å². The van der Waals surface area contributed by atoms with E-state index in [-0.39, 0.29) is 12.2 Å². The van der Waals surface area contributed by atoms with E-state index < -0.39 is 0 Å². The lowest BCUT2D eigenvalue weighted by molar-refractivity contribution is 0.0637. The van der Waals surface area contributed by atoms with Gasteiger partial charge in [0.2, 0.25) is 0 Å². The monoisotopic (exact) mass is 328 g/mol. The van der Waals surface area contributed by atoms with Crippen LogP contribution >= 0.6 is 0 Å². The van der Waals surface area contributed by atoms with E-state index in [1.807, 2.05) is 63.1 Å². The van der Waals surface area contributed by atoms with E-state index in [9.17, 15) is 0 Å². The molecule has 6 heteroatoms. The van der Waals surface area contributed by atoms with E-state index in [1.165, 1.54) is 0 Å². The number of rotatable bonds is 7. The minimum absolute atomic E-state index is 0.168. The highest BCUT2D eigenvalue weighted by molar-refractivity contribution is 5.83. The third-order valence-corrected chi connectivity index (χ3v) is 3.58. The number of H-pyrrole nitrogens is 1. The first-order chi connectivity index (χ1) is 11.5. The molecule has 0 saturated heterocycles. The van der Waals surface area contributed by atoms with Gasteiger partial charge in [-0.3, -0.25) is 0 Å². The van der Waals surface area contributed by atoms with Crippen molar-refractivity contribution in [3.63, 3.8) is 0 Å². The van der Waals surface area contributed by atoms with Crippen LogP contribution in [0.1, 0.15) is 39.0 Å². The van der Waals surface area contributed by atoms with Crippen LogP contribution in [0.4, 0.5) is 0 Å². The molecule has 3 aromatic heterocycles. The lowest BCUT2D eigenvalue weighted by Gasteiger charge is -2.10. The molecule has 24 heavy (non-hydrogen) atoms. The van der Waals surface area contributed by atoms with Gasteiger partial charge in [-0.2, -0.15) is 5.10 Å². The summed E-state index contributed by atoms with van der Waals surface area (Å²) in [5.41, 5.74) is 4.76.